The number of carbonyl (C=O) groups is 1. The average molecular weight is 357 g/mol. The molecule has 1 fully saturated rings. The lowest BCUT2D eigenvalue weighted by Gasteiger charge is -2.31. The predicted molar refractivity (Wildman–Crippen MR) is 94.2 cm³/mol. The number of thiazole rings is 1. The summed E-state index contributed by atoms with van der Waals surface area (Å²) < 4.78 is 2.83. The van der Waals surface area contributed by atoms with Crippen LogP contribution in [0.5, 0.6) is 0 Å². The zero-order valence-electron chi connectivity index (χ0n) is 13.7. The number of fused-ring (bicyclic) bond motifs is 1. The van der Waals surface area contributed by atoms with Gasteiger partial charge in [0.05, 0.1) is 23.0 Å². The van der Waals surface area contributed by atoms with E-state index in [1.54, 1.807) is 10.9 Å². The Labute approximate surface area is 148 Å². The molecule has 1 amide bonds. The molecule has 25 heavy (non-hydrogen) atoms. The third-order valence-corrected chi connectivity index (χ3v) is 5.60. The molecule has 3 heterocycles. The van der Waals surface area contributed by atoms with E-state index in [4.69, 9.17) is 5.11 Å². The summed E-state index contributed by atoms with van der Waals surface area (Å²) in [6, 6.07) is 7.84. The van der Waals surface area contributed by atoms with Crippen LogP contribution in [0.15, 0.2) is 30.5 Å². The number of carbonyl (C=O) groups excluding carboxylic acids is 1. The summed E-state index contributed by atoms with van der Waals surface area (Å²) in [6.07, 6.45) is 3.65. The number of rotatable bonds is 4. The van der Waals surface area contributed by atoms with E-state index in [2.05, 4.69) is 15.3 Å². The number of aliphatic hydroxyl groups is 1. The molecule has 1 saturated heterocycles. The van der Waals surface area contributed by atoms with Crippen molar-refractivity contribution in [1.29, 1.82) is 0 Å². The quantitative estimate of drug-likeness (QED) is 0.771. The van der Waals surface area contributed by atoms with Gasteiger partial charge in [-0.3, -0.25) is 9.48 Å². The van der Waals surface area contributed by atoms with Gasteiger partial charge in [-0.2, -0.15) is 0 Å². The second kappa shape index (κ2) is 6.89. The lowest BCUT2D eigenvalue weighted by atomic mass is 9.97. The largest absolute Gasteiger partial charge is 0.390 e. The van der Waals surface area contributed by atoms with E-state index in [0.717, 1.165) is 42.7 Å². The molecule has 2 aromatic heterocycles. The predicted octanol–water partition coefficient (Wildman–Crippen LogP) is 1.93. The second-order valence-corrected chi connectivity index (χ2v) is 7.34. The van der Waals surface area contributed by atoms with Crippen LogP contribution < -0.4 is 0 Å². The number of amides is 1. The molecule has 0 bridgehead atoms. The molecule has 1 aromatic carbocycles. The minimum atomic E-state index is -0.0882. The summed E-state index contributed by atoms with van der Waals surface area (Å²) in [5.41, 5.74) is 1.47. The maximum absolute atomic E-state index is 12.7. The highest BCUT2D eigenvalue weighted by Crippen LogP contribution is 2.25. The first-order chi connectivity index (χ1) is 12.2. The van der Waals surface area contributed by atoms with Gasteiger partial charge in [0.2, 0.25) is 0 Å². The average Bonchev–Trinajstić information content (AvgIpc) is 3.28. The number of likely N-dealkylation sites (tertiary alicyclic amines) is 1. The van der Waals surface area contributed by atoms with E-state index in [1.807, 2.05) is 29.2 Å². The van der Waals surface area contributed by atoms with Gasteiger partial charge in [0.25, 0.3) is 5.91 Å². The highest BCUT2D eigenvalue weighted by molar-refractivity contribution is 7.20. The number of aromatic nitrogens is 4. The zero-order valence-corrected chi connectivity index (χ0v) is 14.5. The summed E-state index contributed by atoms with van der Waals surface area (Å²) in [7, 11) is 0. The third-order valence-electron chi connectivity index (χ3n) is 4.57. The number of piperidine rings is 1. The third kappa shape index (κ3) is 3.40. The fourth-order valence-electron chi connectivity index (χ4n) is 3.18. The van der Waals surface area contributed by atoms with Gasteiger partial charge in [-0.05, 0) is 30.9 Å². The summed E-state index contributed by atoms with van der Waals surface area (Å²) in [5, 5.41) is 17.5. The number of hydrogen-bond acceptors (Lipinski definition) is 6. The van der Waals surface area contributed by atoms with Crippen molar-refractivity contribution in [3.8, 4) is 0 Å². The first-order valence-corrected chi connectivity index (χ1v) is 9.19. The highest BCUT2D eigenvalue weighted by Gasteiger charge is 2.26. The Morgan fingerprint density at radius 3 is 2.80 bits per heavy atom. The Morgan fingerprint density at radius 1 is 1.28 bits per heavy atom. The van der Waals surface area contributed by atoms with Crippen LogP contribution in [0.4, 0.5) is 0 Å². The van der Waals surface area contributed by atoms with Crippen molar-refractivity contribution in [3.63, 3.8) is 0 Å². The van der Waals surface area contributed by atoms with Gasteiger partial charge < -0.3 is 10.0 Å². The molecule has 0 unspecified atom stereocenters. The molecular weight excluding hydrogens is 338 g/mol. The molecule has 130 valence electrons. The first-order valence-electron chi connectivity index (χ1n) is 8.37. The molecule has 0 saturated carbocycles. The molecule has 1 aliphatic rings. The Morgan fingerprint density at radius 2 is 2.08 bits per heavy atom. The van der Waals surface area contributed by atoms with Gasteiger partial charge >= 0.3 is 0 Å². The second-order valence-electron chi connectivity index (χ2n) is 6.31. The minimum absolute atomic E-state index is 0.0305. The smallest absolute Gasteiger partial charge is 0.282 e. The topological polar surface area (TPSA) is 84.1 Å². The Balaban J connectivity index is 1.36. The summed E-state index contributed by atoms with van der Waals surface area (Å²) >= 11 is 1.46. The number of aliphatic hydroxyl groups excluding tert-OH is 1. The van der Waals surface area contributed by atoms with E-state index in [-0.39, 0.29) is 12.5 Å². The van der Waals surface area contributed by atoms with Crippen LogP contribution in [0, 0.1) is 5.92 Å². The van der Waals surface area contributed by atoms with Crippen LogP contribution in [0.1, 0.15) is 28.3 Å². The number of hydrogen-bond donors (Lipinski definition) is 1. The van der Waals surface area contributed by atoms with Gasteiger partial charge in [0, 0.05) is 19.6 Å². The van der Waals surface area contributed by atoms with Crippen LogP contribution in [0.2, 0.25) is 0 Å². The monoisotopic (exact) mass is 357 g/mol. The molecular formula is C17H19N5O2S. The van der Waals surface area contributed by atoms with Crippen LogP contribution >= 0.6 is 11.3 Å². The van der Waals surface area contributed by atoms with Crippen LogP contribution in [0.3, 0.4) is 0 Å². The number of para-hydroxylation sites is 1. The molecule has 0 atom stereocenters. The molecule has 8 heteroatoms. The van der Waals surface area contributed by atoms with Crippen molar-refractivity contribution < 1.29 is 9.90 Å². The van der Waals surface area contributed by atoms with E-state index >= 15 is 0 Å². The van der Waals surface area contributed by atoms with E-state index in [1.165, 1.54) is 11.3 Å². The van der Waals surface area contributed by atoms with Gasteiger partial charge in [0.1, 0.15) is 5.69 Å². The Bertz CT molecular complexity index is 849. The Hall–Kier alpha value is -2.32. The van der Waals surface area contributed by atoms with E-state index in [0.29, 0.717) is 16.6 Å². The maximum Gasteiger partial charge on any atom is 0.282 e. The summed E-state index contributed by atoms with van der Waals surface area (Å²) in [6.45, 7) is 2.16. The van der Waals surface area contributed by atoms with Gasteiger partial charge in [-0.15, -0.1) is 16.4 Å². The lowest BCUT2D eigenvalue weighted by Crippen LogP contribution is -2.39. The molecule has 1 aliphatic heterocycles. The standard InChI is InChI=1S/C17H19N5O2S/c23-11-13-10-22(20-19-13)9-12-5-7-21(8-6-12)17(24)16-18-14-3-1-2-4-15(14)25-16/h1-4,10,12,23H,5-9,11H2. The van der Waals surface area contributed by atoms with Gasteiger partial charge in [-0.1, -0.05) is 17.3 Å². The molecule has 0 radical (unpaired) electrons. The van der Waals surface area contributed by atoms with Crippen molar-refractivity contribution in [3.05, 3.63) is 41.2 Å². The fourth-order valence-corrected chi connectivity index (χ4v) is 4.12. The maximum atomic E-state index is 12.7. The SMILES string of the molecule is O=C(c1nc2ccccc2s1)N1CCC(Cn2cc(CO)nn2)CC1. The lowest BCUT2D eigenvalue weighted by molar-refractivity contribution is 0.0681. The fraction of sp³-hybridized carbons (Fsp3) is 0.412. The molecule has 3 aromatic rings. The van der Waals surface area contributed by atoms with Crippen LogP contribution in [0.25, 0.3) is 10.2 Å². The van der Waals surface area contributed by atoms with Gasteiger partial charge in [0.15, 0.2) is 5.01 Å². The highest BCUT2D eigenvalue weighted by atomic mass is 32.1. The Kier molecular flexibility index (Phi) is 4.46. The number of nitrogens with zero attached hydrogens (tertiary/aromatic N) is 5. The van der Waals surface area contributed by atoms with Crippen molar-refractivity contribution >= 4 is 27.5 Å². The molecule has 4 rings (SSSR count). The van der Waals surface area contributed by atoms with E-state index < -0.39 is 0 Å². The zero-order chi connectivity index (χ0) is 17.2. The number of benzene rings is 1. The first kappa shape index (κ1) is 16.2. The summed E-state index contributed by atoms with van der Waals surface area (Å²) in [5.74, 6) is 0.496. The van der Waals surface area contributed by atoms with Crippen molar-refractivity contribution in [2.75, 3.05) is 13.1 Å². The van der Waals surface area contributed by atoms with Crippen molar-refractivity contribution in [2.24, 2.45) is 5.92 Å². The molecule has 7 nitrogen and oxygen atoms in total. The molecule has 0 spiro atoms. The van der Waals surface area contributed by atoms with Crippen LogP contribution in [-0.4, -0.2) is 49.0 Å². The normalized spacial score (nSPS) is 15.8. The molecule has 1 N–H and O–H groups in total. The minimum Gasteiger partial charge on any atom is -0.390 e. The van der Waals surface area contributed by atoms with Gasteiger partial charge in [-0.25, -0.2) is 4.98 Å². The summed E-state index contributed by atoms with van der Waals surface area (Å²) in [4.78, 5) is 19.1. The van der Waals surface area contributed by atoms with Crippen molar-refractivity contribution in [2.45, 2.75) is 26.0 Å². The van der Waals surface area contributed by atoms with Crippen molar-refractivity contribution in [1.82, 2.24) is 24.9 Å². The van der Waals surface area contributed by atoms with E-state index in [9.17, 15) is 4.79 Å². The molecule has 0 aliphatic carbocycles. The van der Waals surface area contributed by atoms with Crippen LogP contribution in [-0.2, 0) is 13.2 Å².